The van der Waals surface area contributed by atoms with Crippen molar-refractivity contribution < 1.29 is 9.52 Å². The van der Waals surface area contributed by atoms with Crippen LogP contribution in [-0.4, -0.2) is 16.3 Å². The van der Waals surface area contributed by atoms with E-state index in [4.69, 9.17) is 4.42 Å². The molecule has 0 atom stereocenters. The second-order valence-corrected chi connectivity index (χ2v) is 4.62. The van der Waals surface area contributed by atoms with E-state index in [0.29, 0.717) is 11.6 Å². The van der Waals surface area contributed by atoms with Gasteiger partial charge in [0.2, 0.25) is 5.89 Å². The maximum Gasteiger partial charge on any atom is 0.312 e. The number of para-hydroxylation sites is 1. The zero-order valence-electron chi connectivity index (χ0n) is 11.5. The molecule has 0 fully saturated rings. The smallest absolute Gasteiger partial charge is 0.312 e. The molecule has 0 spiro atoms. The van der Waals surface area contributed by atoms with E-state index in [2.05, 4.69) is 9.98 Å². The molecule has 0 unspecified atom stereocenters. The monoisotopic (exact) mass is 278 g/mol. The van der Waals surface area contributed by atoms with Gasteiger partial charge in [0.25, 0.3) is 0 Å². The highest BCUT2D eigenvalue weighted by Crippen LogP contribution is 2.26. The predicted molar refractivity (Wildman–Crippen MR) is 82.0 cm³/mol. The molecule has 2 aromatic carbocycles. The number of aryl methyl sites for hydroxylation is 1. The van der Waals surface area contributed by atoms with Gasteiger partial charge in [0.1, 0.15) is 0 Å². The Balaban J connectivity index is 1.91. The highest BCUT2D eigenvalue weighted by Gasteiger charge is 2.11. The fraction of sp³-hybridized carbons (Fsp3) is 0.0588. The van der Waals surface area contributed by atoms with Gasteiger partial charge in [0, 0.05) is 5.56 Å². The van der Waals surface area contributed by atoms with Crippen LogP contribution in [0.2, 0.25) is 0 Å². The first kappa shape index (κ1) is 13.1. The van der Waals surface area contributed by atoms with E-state index >= 15 is 0 Å². The van der Waals surface area contributed by atoms with Crippen molar-refractivity contribution >= 4 is 11.9 Å². The van der Waals surface area contributed by atoms with Crippen molar-refractivity contribution in [2.24, 2.45) is 4.99 Å². The zero-order chi connectivity index (χ0) is 14.7. The van der Waals surface area contributed by atoms with Crippen LogP contribution in [0.1, 0.15) is 11.3 Å². The molecular weight excluding hydrogens is 264 g/mol. The SMILES string of the molecule is Cc1ccccc1N=Cc1nc(-c2ccccc2)oc1O. The van der Waals surface area contributed by atoms with Gasteiger partial charge in [-0.05, 0) is 30.7 Å². The molecule has 0 aliphatic rings. The van der Waals surface area contributed by atoms with Gasteiger partial charge < -0.3 is 9.52 Å². The number of nitrogens with zero attached hydrogens (tertiary/aromatic N) is 2. The minimum absolute atomic E-state index is 0.230. The summed E-state index contributed by atoms with van der Waals surface area (Å²) in [6, 6.07) is 17.2. The third-order valence-corrected chi connectivity index (χ3v) is 3.10. The summed E-state index contributed by atoms with van der Waals surface area (Å²) in [5, 5.41) is 9.82. The van der Waals surface area contributed by atoms with Gasteiger partial charge >= 0.3 is 5.95 Å². The minimum atomic E-state index is -0.230. The van der Waals surface area contributed by atoms with Crippen molar-refractivity contribution in [3.63, 3.8) is 0 Å². The second-order valence-electron chi connectivity index (χ2n) is 4.62. The van der Waals surface area contributed by atoms with E-state index in [9.17, 15) is 5.11 Å². The third kappa shape index (κ3) is 2.84. The number of hydrogen-bond acceptors (Lipinski definition) is 4. The fourth-order valence-corrected chi connectivity index (χ4v) is 1.95. The summed E-state index contributed by atoms with van der Waals surface area (Å²) in [5.41, 5.74) is 3.02. The standard InChI is InChI=1S/C17H14N2O2/c1-12-7-5-6-10-14(12)18-11-15-17(20)21-16(19-15)13-8-3-2-4-9-13/h2-11,20H,1H3. The van der Waals surface area contributed by atoms with Crippen molar-refractivity contribution in [2.45, 2.75) is 6.92 Å². The quantitative estimate of drug-likeness (QED) is 0.733. The zero-order valence-corrected chi connectivity index (χ0v) is 11.5. The van der Waals surface area contributed by atoms with Gasteiger partial charge in [0.15, 0.2) is 5.69 Å². The average molecular weight is 278 g/mol. The highest BCUT2D eigenvalue weighted by atomic mass is 16.5. The van der Waals surface area contributed by atoms with Gasteiger partial charge in [0.05, 0.1) is 11.9 Å². The maximum absolute atomic E-state index is 9.82. The first-order valence-corrected chi connectivity index (χ1v) is 6.59. The number of hydrogen-bond donors (Lipinski definition) is 1. The fourth-order valence-electron chi connectivity index (χ4n) is 1.95. The van der Waals surface area contributed by atoms with Crippen LogP contribution in [0.25, 0.3) is 11.5 Å². The number of aliphatic imine (C=N–C) groups is 1. The maximum atomic E-state index is 9.82. The van der Waals surface area contributed by atoms with Crippen molar-refractivity contribution in [2.75, 3.05) is 0 Å². The van der Waals surface area contributed by atoms with E-state index in [1.54, 1.807) is 0 Å². The Morgan fingerprint density at radius 1 is 1.05 bits per heavy atom. The summed E-state index contributed by atoms with van der Waals surface area (Å²) in [7, 11) is 0. The van der Waals surface area contributed by atoms with Gasteiger partial charge in [-0.15, -0.1) is 0 Å². The Morgan fingerprint density at radius 2 is 1.76 bits per heavy atom. The van der Waals surface area contributed by atoms with E-state index in [-0.39, 0.29) is 5.95 Å². The lowest BCUT2D eigenvalue weighted by Crippen LogP contribution is -1.83. The molecular formula is C17H14N2O2. The number of rotatable bonds is 3. The predicted octanol–water partition coefficient (Wildman–Crippen LogP) is 4.11. The van der Waals surface area contributed by atoms with Crippen LogP contribution in [0.3, 0.4) is 0 Å². The lowest BCUT2D eigenvalue weighted by atomic mass is 10.2. The highest BCUT2D eigenvalue weighted by molar-refractivity contribution is 5.83. The topological polar surface area (TPSA) is 58.6 Å². The van der Waals surface area contributed by atoms with E-state index in [1.807, 2.05) is 61.5 Å². The normalized spacial score (nSPS) is 11.1. The van der Waals surface area contributed by atoms with Crippen LogP contribution in [0.15, 0.2) is 64.0 Å². The van der Waals surface area contributed by atoms with E-state index in [0.717, 1.165) is 16.8 Å². The summed E-state index contributed by atoms with van der Waals surface area (Å²) in [6.45, 7) is 1.98. The first-order valence-electron chi connectivity index (χ1n) is 6.59. The van der Waals surface area contributed by atoms with E-state index in [1.165, 1.54) is 6.21 Å². The van der Waals surface area contributed by atoms with Gasteiger partial charge in [-0.2, -0.15) is 0 Å². The Hall–Kier alpha value is -2.88. The molecule has 0 saturated heterocycles. The summed E-state index contributed by atoms with van der Waals surface area (Å²) in [4.78, 5) is 8.60. The van der Waals surface area contributed by atoms with Crippen LogP contribution in [-0.2, 0) is 0 Å². The molecule has 21 heavy (non-hydrogen) atoms. The van der Waals surface area contributed by atoms with Crippen molar-refractivity contribution in [3.8, 4) is 17.4 Å². The lowest BCUT2D eigenvalue weighted by molar-refractivity contribution is 0.337. The summed E-state index contributed by atoms with van der Waals surface area (Å²) in [6.07, 6.45) is 1.51. The molecule has 3 rings (SSSR count). The van der Waals surface area contributed by atoms with Gasteiger partial charge in [-0.25, -0.2) is 4.98 Å². The molecule has 0 radical (unpaired) electrons. The Kier molecular flexibility index (Phi) is 3.51. The molecule has 4 heteroatoms. The molecule has 0 aliphatic carbocycles. The Morgan fingerprint density at radius 3 is 2.52 bits per heavy atom. The average Bonchev–Trinajstić information content (AvgIpc) is 2.89. The molecule has 1 N–H and O–H groups in total. The molecule has 1 aromatic heterocycles. The van der Waals surface area contributed by atoms with Crippen LogP contribution < -0.4 is 0 Å². The van der Waals surface area contributed by atoms with Crippen molar-refractivity contribution in [1.29, 1.82) is 0 Å². The molecule has 0 saturated carbocycles. The lowest BCUT2D eigenvalue weighted by Gasteiger charge is -1.96. The third-order valence-electron chi connectivity index (χ3n) is 3.10. The van der Waals surface area contributed by atoms with Crippen LogP contribution >= 0.6 is 0 Å². The molecule has 3 aromatic rings. The summed E-state index contributed by atoms with van der Waals surface area (Å²) < 4.78 is 5.27. The molecule has 104 valence electrons. The second kappa shape index (κ2) is 5.63. The number of aromatic hydroxyl groups is 1. The molecule has 0 bridgehead atoms. The molecule has 1 heterocycles. The number of oxazole rings is 1. The van der Waals surface area contributed by atoms with Gasteiger partial charge in [-0.1, -0.05) is 36.4 Å². The Bertz CT molecular complexity index is 776. The van der Waals surface area contributed by atoms with Crippen molar-refractivity contribution in [3.05, 3.63) is 65.9 Å². The number of aromatic nitrogens is 1. The first-order chi connectivity index (χ1) is 10.2. The molecule has 0 amide bonds. The number of benzene rings is 2. The van der Waals surface area contributed by atoms with E-state index < -0.39 is 0 Å². The Labute approximate surface area is 122 Å². The minimum Gasteiger partial charge on any atom is -0.479 e. The summed E-state index contributed by atoms with van der Waals surface area (Å²) >= 11 is 0. The largest absolute Gasteiger partial charge is 0.479 e. The van der Waals surface area contributed by atoms with Crippen LogP contribution in [0, 0.1) is 6.92 Å². The summed E-state index contributed by atoms with van der Waals surface area (Å²) in [5.74, 6) is 0.144. The van der Waals surface area contributed by atoms with Crippen molar-refractivity contribution in [1.82, 2.24) is 4.98 Å². The molecule has 4 nitrogen and oxygen atoms in total. The van der Waals surface area contributed by atoms with Gasteiger partial charge in [-0.3, -0.25) is 4.99 Å². The van der Waals surface area contributed by atoms with Crippen LogP contribution in [0.5, 0.6) is 5.95 Å². The molecule has 0 aliphatic heterocycles. The van der Waals surface area contributed by atoms with Crippen LogP contribution in [0.4, 0.5) is 5.69 Å².